The Hall–Kier alpha value is -3.40. The molecule has 2 aromatic carbocycles. The minimum absolute atomic E-state index is 0.0291. The number of aromatic nitrogens is 4. The van der Waals surface area contributed by atoms with Crippen LogP contribution in [-0.4, -0.2) is 38.3 Å². The normalized spacial score (nSPS) is 15.4. The zero-order chi connectivity index (χ0) is 21.4. The molecule has 0 radical (unpaired) electrons. The molecule has 3 N–H and O–H groups in total. The molecule has 0 bridgehead atoms. The van der Waals surface area contributed by atoms with Crippen LogP contribution in [-0.2, 0) is 4.79 Å². The number of phenolic OH excluding ortho intramolecular Hbond substituents is 1. The Kier molecular flexibility index (Phi) is 5.17. The summed E-state index contributed by atoms with van der Waals surface area (Å²) in [5.41, 5.74) is 3.45. The first-order chi connectivity index (χ1) is 14.4. The number of allylic oxidation sites excluding steroid dienone is 1. The molecular weight excluding hydrogens is 452 g/mol. The van der Waals surface area contributed by atoms with Crippen LogP contribution in [0.15, 0.2) is 52.1 Å². The quantitative estimate of drug-likeness (QED) is 0.535. The van der Waals surface area contributed by atoms with Gasteiger partial charge >= 0.3 is 0 Å². The number of aromatic hydroxyl groups is 1. The van der Waals surface area contributed by atoms with Crippen molar-refractivity contribution >= 4 is 33.5 Å². The first-order valence-electron chi connectivity index (χ1n) is 9.09. The van der Waals surface area contributed by atoms with E-state index in [0.29, 0.717) is 32.9 Å². The molecule has 1 atom stereocenters. The number of benzene rings is 2. The van der Waals surface area contributed by atoms with Crippen LogP contribution in [0.25, 0.3) is 0 Å². The van der Waals surface area contributed by atoms with Gasteiger partial charge in [0.25, 0.3) is 5.91 Å². The molecule has 154 valence electrons. The first-order valence-corrected chi connectivity index (χ1v) is 9.88. The Morgan fingerprint density at radius 1 is 1.30 bits per heavy atom. The molecule has 30 heavy (non-hydrogen) atoms. The predicted molar refractivity (Wildman–Crippen MR) is 114 cm³/mol. The van der Waals surface area contributed by atoms with Crippen LogP contribution in [0, 0.1) is 6.92 Å². The molecular formula is C20H19BrN6O3. The van der Waals surface area contributed by atoms with E-state index < -0.39 is 6.04 Å². The lowest BCUT2D eigenvalue weighted by molar-refractivity contribution is -0.113. The lowest BCUT2D eigenvalue weighted by Gasteiger charge is -2.28. The summed E-state index contributed by atoms with van der Waals surface area (Å²) in [6.45, 7) is 3.75. The summed E-state index contributed by atoms with van der Waals surface area (Å²) >= 11 is 3.35. The number of amides is 1. The minimum atomic E-state index is -0.633. The third-order valence-electron chi connectivity index (χ3n) is 4.82. The zero-order valence-corrected chi connectivity index (χ0v) is 18.1. The van der Waals surface area contributed by atoms with Crippen LogP contribution in [0.4, 0.5) is 11.6 Å². The van der Waals surface area contributed by atoms with E-state index in [1.807, 2.05) is 31.2 Å². The number of anilines is 2. The van der Waals surface area contributed by atoms with Crippen molar-refractivity contribution < 1.29 is 14.6 Å². The number of tetrazole rings is 1. The first kappa shape index (κ1) is 19.9. The summed E-state index contributed by atoms with van der Waals surface area (Å²) in [6, 6.07) is 10.3. The second kappa shape index (κ2) is 7.79. The largest absolute Gasteiger partial charge is 0.503 e. The van der Waals surface area contributed by atoms with Crippen molar-refractivity contribution in [3.8, 4) is 11.5 Å². The van der Waals surface area contributed by atoms with Gasteiger partial charge in [0.1, 0.15) is 6.04 Å². The van der Waals surface area contributed by atoms with Crippen LogP contribution >= 0.6 is 15.9 Å². The number of ether oxygens (including phenoxy) is 1. The van der Waals surface area contributed by atoms with Gasteiger partial charge < -0.3 is 20.5 Å². The third kappa shape index (κ3) is 3.50. The highest BCUT2D eigenvalue weighted by Gasteiger charge is 2.35. The number of aryl methyl sites for hydroxylation is 1. The Bertz CT molecular complexity index is 1170. The Morgan fingerprint density at radius 2 is 2.10 bits per heavy atom. The maximum Gasteiger partial charge on any atom is 0.255 e. The lowest BCUT2D eigenvalue weighted by Crippen LogP contribution is -2.31. The van der Waals surface area contributed by atoms with E-state index in [2.05, 4.69) is 42.1 Å². The summed E-state index contributed by atoms with van der Waals surface area (Å²) in [6.07, 6.45) is 0. The molecule has 2 heterocycles. The lowest BCUT2D eigenvalue weighted by atomic mass is 9.94. The molecule has 3 aromatic rings. The molecule has 1 unspecified atom stereocenters. The number of methoxy groups -OCH3 is 1. The van der Waals surface area contributed by atoms with Crippen LogP contribution in [0.2, 0.25) is 0 Å². The van der Waals surface area contributed by atoms with Crippen LogP contribution < -0.4 is 15.4 Å². The minimum Gasteiger partial charge on any atom is -0.503 e. The number of hydrogen-bond donors (Lipinski definition) is 3. The summed E-state index contributed by atoms with van der Waals surface area (Å²) in [5, 5.41) is 28.0. The van der Waals surface area contributed by atoms with Gasteiger partial charge in [0, 0.05) is 11.4 Å². The molecule has 0 fully saturated rings. The highest BCUT2D eigenvalue weighted by molar-refractivity contribution is 9.10. The summed E-state index contributed by atoms with van der Waals surface area (Å²) < 4.78 is 7.24. The smallest absolute Gasteiger partial charge is 0.255 e. The van der Waals surface area contributed by atoms with Gasteiger partial charge in [0.05, 0.1) is 17.2 Å². The van der Waals surface area contributed by atoms with E-state index in [0.717, 1.165) is 5.56 Å². The summed E-state index contributed by atoms with van der Waals surface area (Å²) in [7, 11) is 1.46. The molecule has 0 saturated heterocycles. The van der Waals surface area contributed by atoms with E-state index in [1.165, 1.54) is 11.8 Å². The molecule has 1 aliphatic heterocycles. The average molecular weight is 471 g/mol. The monoisotopic (exact) mass is 470 g/mol. The van der Waals surface area contributed by atoms with E-state index in [-0.39, 0.29) is 17.4 Å². The fraction of sp³-hybridized carbons (Fsp3) is 0.200. The number of carbonyl (C=O) groups excluding carboxylic acids is 1. The SMILES string of the molecule is COc1cc(C2C(C(=O)Nc3cccc(C)c3)=C(C)Nc3nnnn32)cc(Br)c1O. The van der Waals surface area contributed by atoms with Crippen molar-refractivity contribution in [2.45, 2.75) is 19.9 Å². The number of fused-ring (bicyclic) bond motifs is 1. The van der Waals surface area contributed by atoms with Crippen molar-refractivity contribution in [1.29, 1.82) is 0 Å². The topological polar surface area (TPSA) is 114 Å². The van der Waals surface area contributed by atoms with Gasteiger partial charge in [-0.25, -0.2) is 0 Å². The van der Waals surface area contributed by atoms with Crippen molar-refractivity contribution in [1.82, 2.24) is 20.2 Å². The van der Waals surface area contributed by atoms with Crippen molar-refractivity contribution in [3.05, 3.63) is 63.3 Å². The average Bonchev–Trinajstić information content (AvgIpc) is 3.16. The van der Waals surface area contributed by atoms with E-state index in [4.69, 9.17) is 4.74 Å². The Labute approximate surface area is 180 Å². The highest BCUT2D eigenvalue weighted by Crippen LogP contribution is 2.41. The number of rotatable bonds is 4. The zero-order valence-electron chi connectivity index (χ0n) is 16.5. The standard InChI is InChI=1S/C20H19BrN6O3/c1-10-5-4-6-13(7-10)23-19(29)16-11(2)22-20-24-25-26-27(20)17(16)12-8-14(21)18(28)15(9-12)30-3/h4-9,17,28H,1-3H3,(H,23,29)(H,22,24,26). The maximum atomic E-state index is 13.3. The Balaban J connectivity index is 1.82. The van der Waals surface area contributed by atoms with Crippen molar-refractivity contribution in [3.63, 3.8) is 0 Å². The second-order valence-corrected chi connectivity index (χ2v) is 7.74. The third-order valence-corrected chi connectivity index (χ3v) is 5.43. The van der Waals surface area contributed by atoms with Crippen molar-refractivity contribution in [2.75, 3.05) is 17.7 Å². The Morgan fingerprint density at radius 3 is 2.83 bits per heavy atom. The number of nitrogens with zero attached hydrogens (tertiary/aromatic N) is 4. The summed E-state index contributed by atoms with van der Waals surface area (Å²) in [4.78, 5) is 13.3. The van der Waals surface area contributed by atoms with E-state index in [1.54, 1.807) is 19.1 Å². The highest BCUT2D eigenvalue weighted by atomic mass is 79.9. The second-order valence-electron chi connectivity index (χ2n) is 6.89. The number of carbonyl (C=O) groups is 1. The molecule has 1 amide bonds. The van der Waals surface area contributed by atoms with Gasteiger partial charge in [0.15, 0.2) is 11.5 Å². The molecule has 0 saturated carbocycles. The van der Waals surface area contributed by atoms with Gasteiger partial charge in [-0.05, 0) is 75.6 Å². The molecule has 0 aliphatic carbocycles. The van der Waals surface area contributed by atoms with Gasteiger partial charge in [-0.1, -0.05) is 17.2 Å². The van der Waals surface area contributed by atoms with Gasteiger partial charge in [-0.3, -0.25) is 4.79 Å². The maximum absolute atomic E-state index is 13.3. The molecule has 4 rings (SSSR count). The molecule has 1 aromatic heterocycles. The fourth-order valence-corrected chi connectivity index (χ4v) is 3.90. The number of nitrogens with one attached hydrogen (secondary N) is 2. The number of halogens is 1. The summed E-state index contributed by atoms with van der Waals surface area (Å²) in [5.74, 6) is 0.356. The van der Waals surface area contributed by atoms with Crippen LogP contribution in [0.5, 0.6) is 11.5 Å². The van der Waals surface area contributed by atoms with Crippen LogP contribution in [0.3, 0.4) is 0 Å². The molecule has 9 nitrogen and oxygen atoms in total. The number of hydrogen-bond acceptors (Lipinski definition) is 7. The van der Waals surface area contributed by atoms with Gasteiger partial charge in [-0.15, -0.1) is 0 Å². The fourth-order valence-electron chi connectivity index (χ4n) is 3.44. The van der Waals surface area contributed by atoms with Crippen LogP contribution in [0.1, 0.15) is 24.1 Å². The molecule has 10 heteroatoms. The van der Waals surface area contributed by atoms with Crippen molar-refractivity contribution in [2.24, 2.45) is 0 Å². The predicted octanol–water partition coefficient (Wildman–Crippen LogP) is 3.39. The van der Waals surface area contributed by atoms with E-state index >= 15 is 0 Å². The van der Waals surface area contributed by atoms with Gasteiger partial charge in [0.2, 0.25) is 5.95 Å². The van der Waals surface area contributed by atoms with E-state index in [9.17, 15) is 9.90 Å². The number of phenols is 1. The van der Waals surface area contributed by atoms with Gasteiger partial charge in [-0.2, -0.15) is 4.68 Å². The molecule has 1 aliphatic rings. The molecule has 0 spiro atoms.